The topological polar surface area (TPSA) is 87.0 Å². The van der Waals surface area contributed by atoms with Gasteiger partial charge in [-0.05, 0) is 38.6 Å². The summed E-state index contributed by atoms with van der Waals surface area (Å²) in [7, 11) is 0. The van der Waals surface area contributed by atoms with E-state index in [4.69, 9.17) is 5.73 Å². The number of fused-ring (bicyclic) bond motifs is 1. The lowest BCUT2D eigenvalue weighted by atomic mass is 9.97. The highest BCUT2D eigenvalue weighted by Crippen LogP contribution is 2.27. The Labute approximate surface area is 125 Å². The first-order valence-electron chi connectivity index (χ1n) is 8.06. The molecule has 1 aromatic heterocycles. The normalized spacial score (nSPS) is 25.8. The third kappa shape index (κ3) is 2.90. The van der Waals surface area contributed by atoms with Gasteiger partial charge in [0.05, 0.1) is 11.4 Å². The number of hydrogen-bond acceptors (Lipinski definition) is 4. The van der Waals surface area contributed by atoms with Gasteiger partial charge in [0.1, 0.15) is 0 Å². The molecule has 0 aliphatic carbocycles. The van der Waals surface area contributed by atoms with Gasteiger partial charge in [0, 0.05) is 18.6 Å². The second-order valence-corrected chi connectivity index (χ2v) is 6.24. The first-order valence-corrected chi connectivity index (χ1v) is 8.06. The van der Waals surface area contributed by atoms with Gasteiger partial charge in [0.25, 0.3) is 5.91 Å². The number of carbonyl (C=O) groups excluding carboxylic acids is 1. The minimum Gasteiger partial charge on any atom is -0.395 e. The quantitative estimate of drug-likeness (QED) is 0.780. The molecule has 2 fully saturated rings. The summed E-state index contributed by atoms with van der Waals surface area (Å²) >= 11 is 0. The van der Waals surface area contributed by atoms with Crippen molar-refractivity contribution < 1.29 is 4.79 Å². The molecule has 1 aromatic rings. The van der Waals surface area contributed by atoms with E-state index in [2.05, 4.69) is 27.3 Å². The van der Waals surface area contributed by atoms with Crippen LogP contribution in [0.25, 0.3) is 0 Å². The van der Waals surface area contributed by atoms with Crippen molar-refractivity contribution >= 4 is 11.6 Å². The molecule has 0 radical (unpaired) electrons. The molecule has 2 atom stereocenters. The summed E-state index contributed by atoms with van der Waals surface area (Å²) in [5.74, 6) is -0.137. The Bertz CT molecular complexity index is 512. The standard InChI is InChI=1S/C15H25N5O/c1-2-4-12-13(16)14(19-18-12)15(21)17-10-6-8-20-7-3-5-11(20)9-10/h10-11H,2-9,16H2,1H3,(H,17,21)(H,18,19). The number of aromatic amines is 1. The van der Waals surface area contributed by atoms with Crippen molar-refractivity contribution in [2.75, 3.05) is 18.8 Å². The van der Waals surface area contributed by atoms with Crippen LogP contribution in [0.5, 0.6) is 0 Å². The van der Waals surface area contributed by atoms with E-state index in [1.54, 1.807) is 0 Å². The number of aryl methyl sites for hydroxylation is 1. The van der Waals surface area contributed by atoms with Crippen LogP contribution in [0.3, 0.4) is 0 Å². The number of carbonyl (C=O) groups is 1. The SMILES string of the molecule is CCCc1[nH]nc(C(=O)NC2CCN3CCCC3C2)c1N. The number of amides is 1. The minimum absolute atomic E-state index is 0.137. The van der Waals surface area contributed by atoms with E-state index in [0.29, 0.717) is 17.4 Å². The van der Waals surface area contributed by atoms with Gasteiger partial charge >= 0.3 is 0 Å². The smallest absolute Gasteiger partial charge is 0.274 e. The highest BCUT2D eigenvalue weighted by Gasteiger charge is 2.32. The number of nitrogens with two attached hydrogens (primary N) is 1. The molecule has 6 nitrogen and oxygen atoms in total. The number of nitrogen functional groups attached to an aromatic ring is 1. The first kappa shape index (κ1) is 14.4. The lowest BCUT2D eigenvalue weighted by Crippen LogP contribution is -2.47. The molecule has 2 saturated heterocycles. The average Bonchev–Trinajstić information content (AvgIpc) is 3.06. The fourth-order valence-electron chi connectivity index (χ4n) is 3.61. The number of rotatable bonds is 4. The highest BCUT2D eigenvalue weighted by atomic mass is 16.2. The van der Waals surface area contributed by atoms with Gasteiger partial charge in [-0.25, -0.2) is 0 Å². The summed E-state index contributed by atoms with van der Waals surface area (Å²) in [6.07, 6.45) is 6.43. The van der Waals surface area contributed by atoms with E-state index in [9.17, 15) is 4.79 Å². The molecule has 0 aromatic carbocycles. The predicted molar refractivity (Wildman–Crippen MR) is 82.1 cm³/mol. The number of aromatic nitrogens is 2. The van der Waals surface area contributed by atoms with Crippen molar-refractivity contribution in [3.8, 4) is 0 Å². The molecule has 4 N–H and O–H groups in total. The lowest BCUT2D eigenvalue weighted by molar-refractivity contribution is 0.0892. The molecule has 0 bridgehead atoms. The van der Waals surface area contributed by atoms with E-state index in [1.165, 1.54) is 19.4 Å². The van der Waals surface area contributed by atoms with Crippen molar-refractivity contribution in [1.29, 1.82) is 0 Å². The van der Waals surface area contributed by atoms with Gasteiger partial charge in [0.15, 0.2) is 5.69 Å². The van der Waals surface area contributed by atoms with E-state index in [1.807, 2.05) is 0 Å². The molecule has 21 heavy (non-hydrogen) atoms. The van der Waals surface area contributed by atoms with Gasteiger partial charge in [0.2, 0.25) is 0 Å². The van der Waals surface area contributed by atoms with Crippen LogP contribution >= 0.6 is 0 Å². The summed E-state index contributed by atoms with van der Waals surface area (Å²) in [6.45, 7) is 4.39. The summed E-state index contributed by atoms with van der Waals surface area (Å²) < 4.78 is 0. The molecule has 6 heteroatoms. The van der Waals surface area contributed by atoms with Gasteiger partial charge in [-0.2, -0.15) is 5.10 Å². The largest absolute Gasteiger partial charge is 0.395 e. The van der Waals surface area contributed by atoms with E-state index in [0.717, 1.165) is 37.9 Å². The van der Waals surface area contributed by atoms with Crippen LogP contribution < -0.4 is 11.1 Å². The van der Waals surface area contributed by atoms with Crippen LogP contribution in [0.1, 0.15) is 55.2 Å². The highest BCUT2D eigenvalue weighted by molar-refractivity contribution is 5.97. The summed E-state index contributed by atoms with van der Waals surface area (Å²) in [6, 6.07) is 0.902. The molecule has 116 valence electrons. The Morgan fingerprint density at radius 3 is 3.14 bits per heavy atom. The summed E-state index contributed by atoms with van der Waals surface area (Å²) in [5.41, 5.74) is 7.75. The number of hydrogen-bond donors (Lipinski definition) is 3. The third-order valence-electron chi connectivity index (χ3n) is 4.75. The van der Waals surface area contributed by atoms with E-state index in [-0.39, 0.29) is 11.9 Å². The zero-order chi connectivity index (χ0) is 14.8. The second-order valence-electron chi connectivity index (χ2n) is 6.24. The number of anilines is 1. The Morgan fingerprint density at radius 2 is 2.33 bits per heavy atom. The van der Waals surface area contributed by atoms with Crippen LogP contribution in [0, 0.1) is 0 Å². The Balaban J connectivity index is 1.61. The van der Waals surface area contributed by atoms with Crippen molar-refractivity contribution in [1.82, 2.24) is 20.4 Å². The maximum atomic E-state index is 12.4. The third-order valence-corrected chi connectivity index (χ3v) is 4.75. The lowest BCUT2D eigenvalue weighted by Gasteiger charge is -2.35. The van der Waals surface area contributed by atoms with Crippen molar-refractivity contribution in [3.05, 3.63) is 11.4 Å². The maximum absolute atomic E-state index is 12.4. The summed E-state index contributed by atoms with van der Waals surface area (Å²) in [5, 5.41) is 10.1. The molecular weight excluding hydrogens is 266 g/mol. The molecule has 2 aliphatic heterocycles. The van der Waals surface area contributed by atoms with Gasteiger partial charge in [-0.1, -0.05) is 13.3 Å². The predicted octanol–water partition coefficient (Wildman–Crippen LogP) is 1.30. The maximum Gasteiger partial charge on any atom is 0.274 e. The van der Waals surface area contributed by atoms with Crippen molar-refractivity contribution in [2.45, 2.75) is 57.5 Å². The Kier molecular flexibility index (Phi) is 4.14. The minimum atomic E-state index is -0.137. The van der Waals surface area contributed by atoms with Crippen molar-refractivity contribution in [3.63, 3.8) is 0 Å². The number of piperidine rings is 1. The van der Waals surface area contributed by atoms with E-state index >= 15 is 0 Å². The molecule has 0 spiro atoms. The number of nitrogens with zero attached hydrogens (tertiary/aromatic N) is 2. The fraction of sp³-hybridized carbons (Fsp3) is 0.733. The van der Waals surface area contributed by atoms with Gasteiger partial charge < -0.3 is 16.0 Å². The molecule has 0 saturated carbocycles. The molecule has 2 aliphatic rings. The van der Waals surface area contributed by atoms with Crippen LogP contribution in [0.15, 0.2) is 0 Å². The van der Waals surface area contributed by atoms with E-state index < -0.39 is 0 Å². The van der Waals surface area contributed by atoms with Gasteiger partial charge in [-0.15, -0.1) is 0 Å². The number of H-pyrrole nitrogens is 1. The second kappa shape index (κ2) is 6.05. The molecule has 2 unspecified atom stereocenters. The van der Waals surface area contributed by atoms with Gasteiger partial charge in [-0.3, -0.25) is 9.89 Å². The molecular formula is C15H25N5O. The average molecular weight is 291 g/mol. The zero-order valence-electron chi connectivity index (χ0n) is 12.7. The Morgan fingerprint density at radius 1 is 1.48 bits per heavy atom. The number of nitrogens with one attached hydrogen (secondary N) is 2. The molecule has 3 rings (SSSR count). The zero-order valence-corrected chi connectivity index (χ0v) is 12.7. The monoisotopic (exact) mass is 291 g/mol. The molecule has 3 heterocycles. The van der Waals surface area contributed by atoms with Crippen LogP contribution in [0.2, 0.25) is 0 Å². The molecule has 1 amide bonds. The van der Waals surface area contributed by atoms with Crippen LogP contribution in [-0.4, -0.2) is 46.2 Å². The van der Waals surface area contributed by atoms with Crippen molar-refractivity contribution in [2.24, 2.45) is 0 Å². The van der Waals surface area contributed by atoms with Crippen LogP contribution in [0.4, 0.5) is 5.69 Å². The first-order chi connectivity index (χ1) is 10.2. The van der Waals surface area contributed by atoms with Crippen LogP contribution in [-0.2, 0) is 6.42 Å². The fourth-order valence-corrected chi connectivity index (χ4v) is 3.61. The Hall–Kier alpha value is -1.56. The summed E-state index contributed by atoms with van der Waals surface area (Å²) in [4.78, 5) is 14.9.